The van der Waals surface area contributed by atoms with Crippen molar-refractivity contribution in [3.05, 3.63) is 42.1 Å². The van der Waals surface area contributed by atoms with E-state index in [4.69, 9.17) is 9.97 Å². The van der Waals surface area contributed by atoms with Gasteiger partial charge in [-0.25, -0.2) is 14.4 Å². The number of nitrogens with one attached hydrogen (secondary N) is 3. The number of nitrogens with zero attached hydrogens (tertiary/aromatic N) is 5. The SMILES string of the molecule is CCC(=O)Nc1ccc(Sc2nc(Nc3cc(C)n[nH]3)cc(N3CCN(C(C)(C)CF)CC3)n2)cc1. The number of amides is 1. The van der Waals surface area contributed by atoms with Crippen LogP contribution in [0.15, 0.2) is 46.5 Å². The average molecular weight is 513 g/mol. The van der Waals surface area contributed by atoms with E-state index in [0.717, 1.165) is 54.1 Å². The number of aromatic nitrogens is 4. The molecule has 11 heteroatoms. The van der Waals surface area contributed by atoms with Crippen molar-refractivity contribution in [3.63, 3.8) is 0 Å². The summed E-state index contributed by atoms with van der Waals surface area (Å²) in [6.45, 7) is 10.3. The first kappa shape index (κ1) is 25.9. The quantitative estimate of drug-likeness (QED) is 0.357. The summed E-state index contributed by atoms with van der Waals surface area (Å²) in [5.41, 5.74) is 1.17. The van der Waals surface area contributed by atoms with Gasteiger partial charge in [-0.3, -0.25) is 14.8 Å². The highest BCUT2D eigenvalue weighted by molar-refractivity contribution is 7.99. The largest absolute Gasteiger partial charge is 0.354 e. The van der Waals surface area contributed by atoms with Crippen molar-refractivity contribution in [2.45, 2.75) is 49.7 Å². The molecule has 192 valence electrons. The number of halogens is 1. The maximum Gasteiger partial charge on any atom is 0.224 e. The number of aromatic amines is 1. The molecule has 0 bridgehead atoms. The molecular weight excluding hydrogens is 479 g/mol. The number of hydrogen-bond donors (Lipinski definition) is 3. The van der Waals surface area contributed by atoms with Crippen LogP contribution in [0.5, 0.6) is 0 Å². The number of carbonyl (C=O) groups excluding carboxylic acids is 1. The summed E-state index contributed by atoms with van der Waals surface area (Å²) < 4.78 is 13.5. The third-order valence-electron chi connectivity index (χ3n) is 6.12. The maximum absolute atomic E-state index is 13.5. The molecule has 0 atom stereocenters. The maximum atomic E-state index is 13.5. The van der Waals surface area contributed by atoms with Crippen molar-refractivity contribution < 1.29 is 9.18 Å². The van der Waals surface area contributed by atoms with Crippen LogP contribution in [0.1, 0.15) is 32.9 Å². The number of carbonyl (C=O) groups is 1. The number of piperazine rings is 1. The van der Waals surface area contributed by atoms with E-state index in [1.54, 1.807) is 0 Å². The minimum atomic E-state index is -0.466. The molecule has 3 aromatic rings. The first-order valence-electron chi connectivity index (χ1n) is 12.1. The van der Waals surface area contributed by atoms with E-state index in [9.17, 15) is 9.18 Å². The highest BCUT2D eigenvalue weighted by Gasteiger charge is 2.30. The van der Waals surface area contributed by atoms with Gasteiger partial charge in [-0.2, -0.15) is 5.10 Å². The Morgan fingerprint density at radius 2 is 1.86 bits per heavy atom. The number of rotatable bonds is 9. The van der Waals surface area contributed by atoms with Gasteiger partial charge in [0.25, 0.3) is 0 Å². The van der Waals surface area contributed by atoms with Gasteiger partial charge < -0.3 is 15.5 Å². The van der Waals surface area contributed by atoms with Gasteiger partial charge in [0.15, 0.2) is 5.16 Å². The van der Waals surface area contributed by atoms with Crippen molar-refractivity contribution in [3.8, 4) is 0 Å². The first-order chi connectivity index (χ1) is 17.3. The molecule has 3 N–H and O–H groups in total. The number of alkyl halides is 1. The summed E-state index contributed by atoms with van der Waals surface area (Å²) in [4.78, 5) is 26.6. The van der Waals surface area contributed by atoms with Gasteiger partial charge in [0.05, 0.1) is 5.69 Å². The third-order valence-corrected chi connectivity index (χ3v) is 6.99. The highest BCUT2D eigenvalue weighted by atomic mass is 32.2. The Morgan fingerprint density at radius 3 is 2.47 bits per heavy atom. The number of aryl methyl sites for hydroxylation is 1. The van der Waals surface area contributed by atoms with Crippen LogP contribution < -0.4 is 15.5 Å². The molecule has 2 aromatic heterocycles. The van der Waals surface area contributed by atoms with Gasteiger partial charge in [0, 0.05) is 60.9 Å². The Morgan fingerprint density at radius 1 is 1.14 bits per heavy atom. The number of H-pyrrole nitrogens is 1. The Kier molecular flexibility index (Phi) is 8.10. The number of anilines is 4. The summed E-state index contributed by atoms with van der Waals surface area (Å²) in [6, 6.07) is 11.5. The monoisotopic (exact) mass is 512 g/mol. The van der Waals surface area contributed by atoms with E-state index in [2.05, 4.69) is 30.6 Å². The highest BCUT2D eigenvalue weighted by Crippen LogP contribution is 2.30. The fraction of sp³-hybridized carbons (Fsp3) is 0.440. The lowest BCUT2D eigenvalue weighted by Gasteiger charge is -2.43. The lowest BCUT2D eigenvalue weighted by Crippen LogP contribution is -2.55. The van der Waals surface area contributed by atoms with Crippen LogP contribution in [0.4, 0.5) is 27.5 Å². The van der Waals surface area contributed by atoms with Crippen molar-refractivity contribution in [1.29, 1.82) is 0 Å². The minimum Gasteiger partial charge on any atom is -0.354 e. The van der Waals surface area contributed by atoms with Crippen LogP contribution in [0.3, 0.4) is 0 Å². The molecule has 1 amide bonds. The lowest BCUT2D eigenvalue weighted by molar-refractivity contribution is -0.115. The zero-order valence-electron chi connectivity index (χ0n) is 21.1. The second-order valence-electron chi connectivity index (χ2n) is 9.39. The number of hydrogen-bond acceptors (Lipinski definition) is 8. The Labute approximate surface area is 215 Å². The zero-order chi connectivity index (χ0) is 25.7. The summed E-state index contributed by atoms with van der Waals surface area (Å²) in [6.07, 6.45) is 0.433. The molecule has 4 rings (SSSR count). The second-order valence-corrected chi connectivity index (χ2v) is 10.4. The van der Waals surface area contributed by atoms with Gasteiger partial charge in [0.2, 0.25) is 5.91 Å². The molecule has 9 nitrogen and oxygen atoms in total. The van der Waals surface area contributed by atoms with E-state index in [0.29, 0.717) is 17.4 Å². The van der Waals surface area contributed by atoms with E-state index >= 15 is 0 Å². The van der Waals surface area contributed by atoms with Gasteiger partial charge in [-0.1, -0.05) is 6.92 Å². The van der Waals surface area contributed by atoms with E-state index < -0.39 is 5.54 Å². The van der Waals surface area contributed by atoms with Crippen molar-refractivity contribution in [2.24, 2.45) is 0 Å². The average Bonchev–Trinajstić information content (AvgIpc) is 3.29. The van der Waals surface area contributed by atoms with Crippen molar-refractivity contribution in [2.75, 3.05) is 48.4 Å². The molecule has 1 aromatic carbocycles. The summed E-state index contributed by atoms with van der Waals surface area (Å²) in [7, 11) is 0. The normalized spacial score (nSPS) is 14.6. The predicted octanol–water partition coefficient (Wildman–Crippen LogP) is 4.62. The zero-order valence-corrected chi connectivity index (χ0v) is 22.0. The molecule has 3 heterocycles. The lowest BCUT2D eigenvalue weighted by atomic mass is 10.0. The standard InChI is InChI=1S/C25H33FN8OS/c1-5-23(35)27-18-6-8-19(9-7-18)36-24-29-20(28-21-14-17(2)31-32-21)15-22(30-24)33-10-12-34(13-11-33)25(3,4)16-26/h6-9,14-15H,5,10-13,16H2,1-4H3,(H,27,35)(H2,28,29,30,31,32). The molecule has 1 aliphatic heterocycles. The van der Waals surface area contributed by atoms with Gasteiger partial charge in [-0.15, -0.1) is 0 Å². The third kappa shape index (κ3) is 6.52. The fourth-order valence-electron chi connectivity index (χ4n) is 3.89. The van der Waals surface area contributed by atoms with Crippen LogP contribution in [0.2, 0.25) is 0 Å². The first-order valence-corrected chi connectivity index (χ1v) is 12.9. The molecule has 1 saturated heterocycles. The molecule has 36 heavy (non-hydrogen) atoms. The smallest absolute Gasteiger partial charge is 0.224 e. The van der Waals surface area contributed by atoms with Crippen LogP contribution in [-0.4, -0.2) is 69.4 Å². The van der Waals surface area contributed by atoms with Crippen molar-refractivity contribution >= 4 is 40.8 Å². The second kappa shape index (κ2) is 11.3. The van der Waals surface area contributed by atoms with Crippen LogP contribution in [0, 0.1) is 6.92 Å². The van der Waals surface area contributed by atoms with Gasteiger partial charge >= 0.3 is 0 Å². The van der Waals surface area contributed by atoms with Crippen LogP contribution >= 0.6 is 11.8 Å². The molecule has 0 aliphatic carbocycles. The molecular formula is C25H33FN8OS. The molecule has 0 unspecified atom stereocenters. The van der Waals surface area contributed by atoms with E-state index in [-0.39, 0.29) is 12.6 Å². The number of benzene rings is 1. The molecule has 1 fully saturated rings. The predicted molar refractivity (Wildman–Crippen MR) is 142 cm³/mol. The van der Waals surface area contributed by atoms with Crippen LogP contribution in [-0.2, 0) is 4.79 Å². The molecule has 0 radical (unpaired) electrons. The molecule has 0 saturated carbocycles. The topological polar surface area (TPSA) is 102 Å². The molecule has 0 spiro atoms. The Balaban J connectivity index is 1.54. The summed E-state index contributed by atoms with van der Waals surface area (Å²) in [5.74, 6) is 2.20. The Bertz CT molecular complexity index is 1180. The van der Waals surface area contributed by atoms with Gasteiger partial charge in [0.1, 0.15) is 24.1 Å². The minimum absolute atomic E-state index is 0.0220. The van der Waals surface area contributed by atoms with Crippen molar-refractivity contribution in [1.82, 2.24) is 25.1 Å². The summed E-state index contributed by atoms with van der Waals surface area (Å²) >= 11 is 1.45. The summed E-state index contributed by atoms with van der Waals surface area (Å²) in [5, 5.41) is 13.9. The fourth-order valence-corrected chi connectivity index (χ4v) is 4.66. The Hall–Kier alpha value is -3.18. The van der Waals surface area contributed by atoms with E-state index in [1.807, 2.05) is 64.1 Å². The van der Waals surface area contributed by atoms with Gasteiger partial charge in [-0.05, 0) is 56.8 Å². The van der Waals surface area contributed by atoms with Crippen LogP contribution in [0.25, 0.3) is 0 Å². The molecule has 1 aliphatic rings. The van der Waals surface area contributed by atoms with E-state index in [1.165, 1.54) is 11.8 Å².